The molecule has 5 rings (SSSR count). The Morgan fingerprint density at radius 1 is 1.15 bits per heavy atom. The molecule has 0 aromatic carbocycles. The van der Waals surface area contributed by atoms with E-state index in [4.69, 9.17) is 4.98 Å². The zero-order valence-corrected chi connectivity index (χ0v) is 20.7. The van der Waals surface area contributed by atoms with Crippen molar-refractivity contribution < 1.29 is 4.79 Å². The number of nitrogens with zero attached hydrogens (tertiary/aromatic N) is 3. The molecule has 0 saturated carbocycles. The van der Waals surface area contributed by atoms with Gasteiger partial charge in [-0.1, -0.05) is 17.8 Å². The first-order valence-electron chi connectivity index (χ1n) is 11.2. The SMILES string of the molecule is C=CCn1c(SCC(=O)Nc2sc3c(c2C#N)CCCC3)nc2sc3c(c2c1=O)CCCC3. The minimum absolute atomic E-state index is 0.0418. The van der Waals surface area contributed by atoms with Gasteiger partial charge in [-0.05, 0) is 62.5 Å². The molecule has 3 heterocycles. The van der Waals surface area contributed by atoms with Crippen molar-refractivity contribution in [3.8, 4) is 6.07 Å². The van der Waals surface area contributed by atoms with Crippen LogP contribution in [0, 0.1) is 11.3 Å². The molecule has 33 heavy (non-hydrogen) atoms. The average molecular weight is 497 g/mol. The molecule has 0 saturated heterocycles. The Kier molecular flexibility index (Phi) is 6.41. The van der Waals surface area contributed by atoms with Crippen LogP contribution in [0.5, 0.6) is 0 Å². The second-order valence-corrected chi connectivity index (χ2v) is 11.5. The molecule has 6 nitrogen and oxygen atoms in total. The minimum atomic E-state index is -0.194. The summed E-state index contributed by atoms with van der Waals surface area (Å²) in [6.07, 6.45) is 9.98. The number of carbonyl (C=O) groups is 1. The highest BCUT2D eigenvalue weighted by Gasteiger charge is 2.24. The van der Waals surface area contributed by atoms with Gasteiger partial charge in [-0.25, -0.2) is 4.98 Å². The summed E-state index contributed by atoms with van der Waals surface area (Å²) in [7, 11) is 0. The molecular formula is C24H24N4O2S3. The predicted octanol–water partition coefficient (Wildman–Crippen LogP) is 5.07. The van der Waals surface area contributed by atoms with Crippen LogP contribution in [0.25, 0.3) is 10.2 Å². The number of hydrogen-bond acceptors (Lipinski definition) is 7. The lowest BCUT2D eigenvalue weighted by molar-refractivity contribution is -0.113. The lowest BCUT2D eigenvalue weighted by Gasteiger charge is -2.12. The second-order valence-electron chi connectivity index (χ2n) is 8.35. The zero-order chi connectivity index (χ0) is 22.9. The number of anilines is 1. The Balaban J connectivity index is 1.39. The van der Waals surface area contributed by atoms with Crippen LogP contribution < -0.4 is 10.9 Å². The van der Waals surface area contributed by atoms with Crippen molar-refractivity contribution in [2.45, 2.75) is 63.1 Å². The highest BCUT2D eigenvalue weighted by Crippen LogP contribution is 2.38. The Morgan fingerprint density at radius 2 is 1.85 bits per heavy atom. The molecule has 1 amide bonds. The van der Waals surface area contributed by atoms with Gasteiger partial charge in [0.05, 0.1) is 16.7 Å². The standard InChI is InChI=1S/C24H24N4O2S3/c1-2-11-28-23(30)20-15-8-4-6-10-18(15)33-22(20)27-24(28)31-13-19(29)26-21-16(12-25)14-7-3-5-9-17(14)32-21/h2H,1,3-11,13H2,(H,26,29). The summed E-state index contributed by atoms with van der Waals surface area (Å²) in [4.78, 5) is 34.2. The third-order valence-electron chi connectivity index (χ3n) is 6.22. The molecule has 0 atom stereocenters. The van der Waals surface area contributed by atoms with Crippen LogP contribution in [0.4, 0.5) is 5.00 Å². The summed E-state index contributed by atoms with van der Waals surface area (Å²) in [6, 6.07) is 2.28. The molecule has 0 unspecified atom stereocenters. The van der Waals surface area contributed by atoms with Gasteiger partial charge in [-0.15, -0.1) is 29.3 Å². The number of fused-ring (bicyclic) bond motifs is 4. The maximum absolute atomic E-state index is 13.3. The molecule has 0 radical (unpaired) electrons. The molecule has 3 aromatic rings. The molecular weight excluding hydrogens is 472 g/mol. The summed E-state index contributed by atoms with van der Waals surface area (Å²) in [6.45, 7) is 4.15. The van der Waals surface area contributed by atoms with E-state index in [0.29, 0.717) is 22.3 Å². The van der Waals surface area contributed by atoms with Gasteiger partial charge in [0.25, 0.3) is 5.56 Å². The van der Waals surface area contributed by atoms with E-state index in [1.165, 1.54) is 32.9 Å². The van der Waals surface area contributed by atoms with E-state index < -0.39 is 0 Å². The molecule has 9 heteroatoms. The highest BCUT2D eigenvalue weighted by atomic mass is 32.2. The fraction of sp³-hybridized carbons (Fsp3) is 0.417. The van der Waals surface area contributed by atoms with E-state index in [0.717, 1.165) is 72.7 Å². The van der Waals surface area contributed by atoms with Crippen molar-refractivity contribution in [2.75, 3.05) is 11.1 Å². The molecule has 170 valence electrons. The molecule has 0 spiro atoms. The van der Waals surface area contributed by atoms with Crippen LogP contribution in [-0.2, 0) is 37.0 Å². The molecule has 1 N–H and O–H groups in total. The predicted molar refractivity (Wildman–Crippen MR) is 136 cm³/mol. The van der Waals surface area contributed by atoms with Crippen LogP contribution in [0.2, 0.25) is 0 Å². The van der Waals surface area contributed by atoms with Crippen molar-refractivity contribution in [3.63, 3.8) is 0 Å². The van der Waals surface area contributed by atoms with E-state index in [2.05, 4.69) is 18.0 Å². The number of aryl methyl sites for hydroxylation is 3. The zero-order valence-electron chi connectivity index (χ0n) is 18.2. The Bertz CT molecular complexity index is 1360. The van der Waals surface area contributed by atoms with Crippen molar-refractivity contribution in [1.82, 2.24) is 9.55 Å². The molecule has 0 aliphatic heterocycles. The third-order valence-corrected chi connectivity index (χ3v) is 9.59. The summed E-state index contributed by atoms with van der Waals surface area (Å²) in [5, 5.41) is 14.5. The summed E-state index contributed by atoms with van der Waals surface area (Å²) in [5.74, 6) is -0.0757. The topological polar surface area (TPSA) is 87.8 Å². The number of hydrogen-bond donors (Lipinski definition) is 1. The molecule has 2 aliphatic carbocycles. The minimum Gasteiger partial charge on any atom is -0.316 e. The van der Waals surface area contributed by atoms with Gasteiger partial charge in [0.2, 0.25) is 5.91 Å². The lowest BCUT2D eigenvalue weighted by Crippen LogP contribution is -2.24. The fourth-order valence-electron chi connectivity index (χ4n) is 4.69. The Morgan fingerprint density at radius 3 is 2.58 bits per heavy atom. The Labute approximate surface area is 204 Å². The largest absolute Gasteiger partial charge is 0.316 e. The number of nitriles is 1. The normalized spacial score (nSPS) is 15.0. The lowest BCUT2D eigenvalue weighted by atomic mass is 9.96. The van der Waals surface area contributed by atoms with E-state index >= 15 is 0 Å². The summed E-state index contributed by atoms with van der Waals surface area (Å²) < 4.78 is 1.62. The smallest absolute Gasteiger partial charge is 0.263 e. The van der Waals surface area contributed by atoms with Gasteiger partial charge in [-0.2, -0.15) is 5.26 Å². The van der Waals surface area contributed by atoms with Crippen LogP contribution >= 0.6 is 34.4 Å². The van der Waals surface area contributed by atoms with E-state index in [1.807, 2.05) is 0 Å². The highest BCUT2D eigenvalue weighted by molar-refractivity contribution is 7.99. The van der Waals surface area contributed by atoms with Gasteiger partial charge in [0.1, 0.15) is 15.9 Å². The Hall–Kier alpha value is -2.41. The first-order valence-corrected chi connectivity index (χ1v) is 13.9. The number of allylic oxidation sites excluding steroid dienone is 1. The molecule has 2 aliphatic rings. The van der Waals surface area contributed by atoms with Gasteiger partial charge in [0.15, 0.2) is 5.16 Å². The monoisotopic (exact) mass is 496 g/mol. The van der Waals surface area contributed by atoms with Gasteiger partial charge >= 0.3 is 0 Å². The van der Waals surface area contributed by atoms with Crippen molar-refractivity contribution >= 4 is 55.6 Å². The summed E-state index contributed by atoms with van der Waals surface area (Å²) >= 11 is 4.39. The van der Waals surface area contributed by atoms with Gasteiger partial charge < -0.3 is 5.32 Å². The molecule has 3 aromatic heterocycles. The van der Waals surface area contributed by atoms with Gasteiger partial charge in [0, 0.05) is 16.3 Å². The van der Waals surface area contributed by atoms with Crippen LogP contribution in [-0.4, -0.2) is 21.2 Å². The number of thioether (sulfide) groups is 1. The first-order chi connectivity index (χ1) is 16.1. The average Bonchev–Trinajstić information content (AvgIpc) is 3.37. The maximum atomic E-state index is 13.3. The van der Waals surface area contributed by atoms with Crippen LogP contribution in [0.1, 0.15) is 52.1 Å². The van der Waals surface area contributed by atoms with E-state index in [-0.39, 0.29) is 17.2 Å². The van der Waals surface area contributed by atoms with Gasteiger partial charge in [-0.3, -0.25) is 14.2 Å². The number of carbonyl (C=O) groups excluding carboxylic acids is 1. The maximum Gasteiger partial charge on any atom is 0.263 e. The van der Waals surface area contributed by atoms with E-state index in [1.54, 1.807) is 22.0 Å². The van der Waals surface area contributed by atoms with E-state index in [9.17, 15) is 14.9 Å². The fourth-order valence-corrected chi connectivity index (χ4v) is 8.05. The number of thiophene rings is 2. The number of rotatable bonds is 6. The van der Waals surface area contributed by atoms with Crippen LogP contribution in [0.3, 0.4) is 0 Å². The van der Waals surface area contributed by atoms with Crippen LogP contribution in [0.15, 0.2) is 22.6 Å². The number of amides is 1. The number of aromatic nitrogens is 2. The quantitative estimate of drug-likeness (QED) is 0.293. The van der Waals surface area contributed by atoms with Crippen molar-refractivity contribution in [1.29, 1.82) is 5.26 Å². The number of nitrogens with one attached hydrogen (secondary N) is 1. The van der Waals surface area contributed by atoms with Crippen molar-refractivity contribution in [2.24, 2.45) is 0 Å². The molecule has 0 fully saturated rings. The summed E-state index contributed by atoms with van der Waals surface area (Å²) in [5.41, 5.74) is 2.84. The second kappa shape index (κ2) is 9.45. The third kappa shape index (κ3) is 4.16. The van der Waals surface area contributed by atoms with Crippen molar-refractivity contribution in [3.05, 3.63) is 49.5 Å². The first kappa shape index (κ1) is 22.4. The molecule has 0 bridgehead atoms.